The highest BCUT2D eigenvalue weighted by Crippen LogP contribution is 2.26. The number of nitrogens with one attached hydrogen (secondary N) is 2. The third kappa shape index (κ3) is 5.36. The molecule has 10 heteroatoms. The number of amides is 1. The van der Waals surface area contributed by atoms with E-state index in [2.05, 4.69) is 20.0 Å². The number of thiazole rings is 1. The lowest BCUT2D eigenvalue weighted by Gasteiger charge is -2.12. The van der Waals surface area contributed by atoms with Gasteiger partial charge in [-0.2, -0.15) is 0 Å². The Labute approximate surface area is 195 Å². The van der Waals surface area contributed by atoms with Crippen molar-refractivity contribution in [2.45, 2.75) is 11.4 Å². The Bertz CT molecular complexity index is 1370. The van der Waals surface area contributed by atoms with E-state index < -0.39 is 15.9 Å². The molecular weight excluding hydrogens is 460 g/mol. The zero-order valence-corrected chi connectivity index (χ0v) is 19.2. The first kappa shape index (κ1) is 22.4. The van der Waals surface area contributed by atoms with Gasteiger partial charge in [0.15, 0.2) is 0 Å². The average molecular weight is 481 g/mol. The van der Waals surface area contributed by atoms with E-state index in [-0.39, 0.29) is 17.0 Å². The molecule has 1 amide bonds. The smallest absolute Gasteiger partial charge is 0.262 e. The second-order valence-corrected chi connectivity index (χ2v) is 9.50. The van der Waals surface area contributed by atoms with Crippen LogP contribution in [0.4, 0.5) is 5.69 Å². The molecule has 168 valence electrons. The first-order chi connectivity index (χ1) is 16.0. The summed E-state index contributed by atoms with van der Waals surface area (Å²) in [4.78, 5) is 21.1. The van der Waals surface area contributed by atoms with Gasteiger partial charge in [0.1, 0.15) is 10.8 Å². The first-order valence-corrected chi connectivity index (χ1v) is 12.2. The number of benzene rings is 2. The van der Waals surface area contributed by atoms with Gasteiger partial charge in [0.05, 0.1) is 29.9 Å². The Morgan fingerprint density at radius 2 is 1.85 bits per heavy atom. The molecule has 0 saturated heterocycles. The zero-order chi connectivity index (χ0) is 23.3. The molecule has 0 aliphatic rings. The van der Waals surface area contributed by atoms with Crippen LogP contribution in [-0.2, 0) is 16.6 Å². The zero-order valence-electron chi connectivity index (χ0n) is 17.6. The lowest BCUT2D eigenvalue weighted by atomic mass is 10.2. The summed E-state index contributed by atoms with van der Waals surface area (Å²) in [5, 5.41) is 5.43. The number of sulfonamides is 1. The molecule has 2 aromatic carbocycles. The highest BCUT2D eigenvalue weighted by Gasteiger charge is 2.18. The number of aromatic nitrogens is 2. The minimum absolute atomic E-state index is 0.0321. The highest BCUT2D eigenvalue weighted by atomic mass is 32.2. The average Bonchev–Trinajstić information content (AvgIpc) is 3.32. The number of hydrogen-bond donors (Lipinski definition) is 2. The van der Waals surface area contributed by atoms with Crippen LogP contribution >= 0.6 is 11.3 Å². The van der Waals surface area contributed by atoms with Gasteiger partial charge in [-0.15, -0.1) is 11.3 Å². The summed E-state index contributed by atoms with van der Waals surface area (Å²) in [5.41, 5.74) is 2.29. The van der Waals surface area contributed by atoms with E-state index in [1.165, 1.54) is 36.6 Å². The van der Waals surface area contributed by atoms with Gasteiger partial charge in [-0.1, -0.05) is 18.2 Å². The second kappa shape index (κ2) is 9.80. The SMILES string of the molecule is COc1ccccc1NS(=O)(=O)c1cccc(C(=O)NCc2nc(-c3ccncc3)cs2)c1. The van der Waals surface area contributed by atoms with E-state index >= 15 is 0 Å². The summed E-state index contributed by atoms with van der Waals surface area (Å²) < 4.78 is 33.4. The van der Waals surface area contributed by atoms with E-state index in [9.17, 15) is 13.2 Å². The fraction of sp³-hybridized carbons (Fsp3) is 0.0870. The molecule has 8 nitrogen and oxygen atoms in total. The fourth-order valence-electron chi connectivity index (χ4n) is 3.04. The molecule has 0 fully saturated rings. The van der Waals surface area contributed by atoms with E-state index in [0.717, 1.165) is 16.3 Å². The number of pyridine rings is 1. The number of carbonyl (C=O) groups is 1. The molecule has 0 bridgehead atoms. The Balaban J connectivity index is 1.45. The molecular formula is C23H20N4O4S2. The van der Waals surface area contributed by atoms with Crippen molar-refractivity contribution in [1.29, 1.82) is 0 Å². The molecule has 2 heterocycles. The van der Waals surface area contributed by atoms with Crippen molar-refractivity contribution in [2.24, 2.45) is 0 Å². The molecule has 0 saturated carbocycles. The second-order valence-electron chi connectivity index (χ2n) is 6.88. The van der Waals surface area contributed by atoms with E-state index in [4.69, 9.17) is 4.74 Å². The Kier molecular flexibility index (Phi) is 6.66. The maximum Gasteiger partial charge on any atom is 0.262 e. The monoisotopic (exact) mass is 480 g/mol. The molecule has 0 atom stereocenters. The number of methoxy groups -OCH3 is 1. The molecule has 2 N–H and O–H groups in total. The van der Waals surface area contributed by atoms with Gasteiger partial charge >= 0.3 is 0 Å². The van der Waals surface area contributed by atoms with Crippen molar-refractivity contribution in [3.8, 4) is 17.0 Å². The van der Waals surface area contributed by atoms with Crippen LogP contribution in [0.15, 0.2) is 83.3 Å². The highest BCUT2D eigenvalue weighted by molar-refractivity contribution is 7.92. The van der Waals surface area contributed by atoms with Crippen molar-refractivity contribution in [1.82, 2.24) is 15.3 Å². The predicted octanol–water partition coefficient (Wildman–Crippen LogP) is 3.94. The van der Waals surface area contributed by atoms with Gasteiger partial charge in [-0.25, -0.2) is 13.4 Å². The van der Waals surface area contributed by atoms with Crippen molar-refractivity contribution >= 4 is 33.0 Å². The maximum absolute atomic E-state index is 12.9. The van der Waals surface area contributed by atoms with Gasteiger partial charge in [0.25, 0.3) is 15.9 Å². The van der Waals surface area contributed by atoms with Crippen molar-refractivity contribution < 1.29 is 17.9 Å². The lowest BCUT2D eigenvalue weighted by Crippen LogP contribution is -2.23. The summed E-state index contributed by atoms with van der Waals surface area (Å²) in [6, 6.07) is 16.3. The van der Waals surface area contributed by atoms with E-state index in [1.54, 1.807) is 42.7 Å². The van der Waals surface area contributed by atoms with Gasteiger partial charge in [0.2, 0.25) is 0 Å². The summed E-state index contributed by atoms with van der Waals surface area (Å²) in [7, 11) is -2.46. The van der Waals surface area contributed by atoms with Gasteiger partial charge < -0.3 is 10.1 Å². The van der Waals surface area contributed by atoms with Crippen LogP contribution in [0.5, 0.6) is 5.75 Å². The summed E-state index contributed by atoms with van der Waals surface area (Å²) in [6.07, 6.45) is 3.39. The maximum atomic E-state index is 12.9. The molecule has 0 aliphatic heterocycles. The number of carbonyl (C=O) groups excluding carboxylic acids is 1. The normalized spacial score (nSPS) is 11.1. The Hall–Kier alpha value is -3.76. The minimum atomic E-state index is -3.92. The topological polar surface area (TPSA) is 110 Å². The van der Waals surface area contributed by atoms with Gasteiger partial charge in [0, 0.05) is 28.9 Å². The Morgan fingerprint density at radius 3 is 2.64 bits per heavy atom. The van der Waals surface area contributed by atoms with Crippen molar-refractivity contribution in [2.75, 3.05) is 11.8 Å². The van der Waals surface area contributed by atoms with Gasteiger partial charge in [-0.05, 0) is 42.5 Å². The fourth-order valence-corrected chi connectivity index (χ4v) is 4.90. The molecule has 0 aliphatic carbocycles. The molecule has 0 radical (unpaired) electrons. The minimum Gasteiger partial charge on any atom is -0.495 e. The standard InChI is InChI=1S/C23H20N4O4S2/c1-31-21-8-3-2-7-19(21)27-33(29,30)18-6-4-5-17(13-18)23(28)25-14-22-26-20(15-32-22)16-9-11-24-12-10-16/h2-13,15,27H,14H2,1H3,(H,25,28). The van der Waals surface area contributed by atoms with Gasteiger partial charge in [-0.3, -0.25) is 14.5 Å². The molecule has 4 aromatic rings. The molecule has 0 unspecified atom stereocenters. The van der Waals surface area contributed by atoms with Crippen LogP contribution in [0.2, 0.25) is 0 Å². The largest absolute Gasteiger partial charge is 0.495 e. The number of ether oxygens (including phenoxy) is 1. The van der Waals surface area contributed by atoms with Crippen molar-refractivity contribution in [3.63, 3.8) is 0 Å². The first-order valence-electron chi connectivity index (χ1n) is 9.85. The van der Waals surface area contributed by atoms with Crippen molar-refractivity contribution in [3.05, 3.63) is 89.0 Å². The molecule has 4 rings (SSSR count). The van der Waals surface area contributed by atoms with Crippen LogP contribution in [0.25, 0.3) is 11.3 Å². The van der Waals surface area contributed by atoms with Crippen LogP contribution in [0, 0.1) is 0 Å². The number of para-hydroxylation sites is 2. The molecule has 0 spiro atoms. The van der Waals surface area contributed by atoms with Crippen LogP contribution in [0.3, 0.4) is 0 Å². The van der Waals surface area contributed by atoms with Crippen LogP contribution in [-0.4, -0.2) is 31.4 Å². The molecule has 2 aromatic heterocycles. The van der Waals surface area contributed by atoms with Crippen LogP contribution < -0.4 is 14.8 Å². The third-order valence-corrected chi connectivity index (χ3v) is 6.90. The van der Waals surface area contributed by atoms with Crippen LogP contribution in [0.1, 0.15) is 15.4 Å². The summed E-state index contributed by atoms with van der Waals surface area (Å²) in [6.45, 7) is 0.227. The number of anilines is 1. The lowest BCUT2D eigenvalue weighted by molar-refractivity contribution is 0.0950. The summed E-state index contributed by atoms with van der Waals surface area (Å²) in [5.74, 6) is -0.00504. The Morgan fingerprint density at radius 1 is 1.06 bits per heavy atom. The quantitative estimate of drug-likeness (QED) is 0.395. The number of rotatable bonds is 8. The third-order valence-electron chi connectivity index (χ3n) is 4.69. The number of hydrogen-bond acceptors (Lipinski definition) is 7. The molecule has 33 heavy (non-hydrogen) atoms. The van der Waals surface area contributed by atoms with E-state index in [0.29, 0.717) is 11.4 Å². The predicted molar refractivity (Wildman–Crippen MR) is 127 cm³/mol. The number of nitrogens with zero attached hydrogens (tertiary/aromatic N) is 2. The van der Waals surface area contributed by atoms with E-state index in [1.807, 2.05) is 17.5 Å². The summed E-state index contributed by atoms with van der Waals surface area (Å²) >= 11 is 1.43.